The molecule has 25 heavy (non-hydrogen) atoms. The zero-order chi connectivity index (χ0) is 17.5. The van der Waals surface area contributed by atoms with Gasteiger partial charge in [0.1, 0.15) is 36.0 Å². The van der Waals surface area contributed by atoms with Gasteiger partial charge in [-0.3, -0.25) is 0 Å². The first-order valence-electron chi connectivity index (χ1n) is 8.27. The Balaban J connectivity index is 1.49. The number of hydrogen-bond acceptors (Lipinski definition) is 5. The Hall–Kier alpha value is -2.95. The number of ether oxygens (including phenoxy) is 3. The van der Waals surface area contributed by atoms with Gasteiger partial charge in [0.15, 0.2) is 0 Å². The summed E-state index contributed by atoms with van der Waals surface area (Å²) in [7, 11) is 0. The van der Waals surface area contributed by atoms with E-state index in [-0.39, 0.29) is 5.63 Å². The molecule has 0 amide bonds. The predicted octanol–water partition coefficient (Wildman–Crippen LogP) is 4.04. The standard InChI is InChI=1S/C20H20O5/c1-2-11-22-16-6-8-17(9-7-16)23-12-13-24-18-5-3-15-4-10-20(21)25-19(15)14-18/h3-10,14H,2,11-13H2,1H3. The summed E-state index contributed by atoms with van der Waals surface area (Å²) >= 11 is 0. The van der Waals surface area contributed by atoms with E-state index in [1.165, 1.54) is 6.07 Å². The van der Waals surface area contributed by atoms with Crippen molar-refractivity contribution in [3.8, 4) is 17.2 Å². The predicted molar refractivity (Wildman–Crippen MR) is 95.7 cm³/mol. The number of benzene rings is 2. The largest absolute Gasteiger partial charge is 0.494 e. The highest BCUT2D eigenvalue weighted by Crippen LogP contribution is 2.20. The molecule has 0 bridgehead atoms. The first-order valence-corrected chi connectivity index (χ1v) is 8.27. The average Bonchev–Trinajstić information content (AvgIpc) is 2.64. The molecule has 5 nitrogen and oxygen atoms in total. The van der Waals surface area contributed by atoms with E-state index < -0.39 is 0 Å². The minimum absolute atomic E-state index is 0.376. The lowest BCUT2D eigenvalue weighted by Crippen LogP contribution is -2.09. The highest BCUT2D eigenvalue weighted by molar-refractivity contribution is 5.77. The summed E-state index contributed by atoms with van der Waals surface area (Å²) < 4.78 is 21.9. The fourth-order valence-corrected chi connectivity index (χ4v) is 2.30. The third-order valence-electron chi connectivity index (χ3n) is 3.51. The molecule has 130 valence electrons. The molecule has 0 spiro atoms. The Morgan fingerprint density at radius 3 is 2.00 bits per heavy atom. The van der Waals surface area contributed by atoms with Crippen LogP contribution in [-0.2, 0) is 0 Å². The lowest BCUT2D eigenvalue weighted by molar-refractivity contribution is 0.217. The van der Waals surface area contributed by atoms with Crippen molar-refractivity contribution in [3.63, 3.8) is 0 Å². The molecule has 3 rings (SSSR count). The Bertz CT molecular complexity index is 867. The first kappa shape index (κ1) is 16.9. The highest BCUT2D eigenvalue weighted by Gasteiger charge is 2.01. The second-order valence-electron chi connectivity index (χ2n) is 5.47. The van der Waals surface area contributed by atoms with Crippen LogP contribution in [0.5, 0.6) is 17.2 Å². The van der Waals surface area contributed by atoms with Crippen molar-refractivity contribution in [2.75, 3.05) is 19.8 Å². The van der Waals surface area contributed by atoms with Crippen LogP contribution in [0.15, 0.2) is 63.8 Å². The monoisotopic (exact) mass is 340 g/mol. The molecular formula is C20H20O5. The summed E-state index contributed by atoms with van der Waals surface area (Å²) in [6.07, 6.45) is 0.980. The highest BCUT2D eigenvalue weighted by atomic mass is 16.5. The topological polar surface area (TPSA) is 57.9 Å². The van der Waals surface area contributed by atoms with Crippen LogP contribution < -0.4 is 19.8 Å². The van der Waals surface area contributed by atoms with E-state index in [1.54, 1.807) is 12.1 Å². The van der Waals surface area contributed by atoms with Crippen molar-refractivity contribution in [2.24, 2.45) is 0 Å². The molecule has 0 fully saturated rings. The summed E-state index contributed by atoms with van der Waals surface area (Å²) in [5, 5.41) is 0.855. The number of rotatable bonds is 8. The molecule has 0 N–H and O–H groups in total. The van der Waals surface area contributed by atoms with Crippen molar-refractivity contribution in [1.29, 1.82) is 0 Å². The van der Waals surface area contributed by atoms with E-state index in [4.69, 9.17) is 18.6 Å². The van der Waals surface area contributed by atoms with E-state index >= 15 is 0 Å². The normalized spacial score (nSPS) is 10.6. The van der Waals surface area contributed by atoms with Gasteiger partial charge in [0.25, 0.3) is 0 Å². The Morgan fingerprint density at radius 2 is 1.32 bits per heavy atom. The molecule has 0 aliphatic rings. The Morgan fingerprint density at radius 1 is 0.760 bits per heavy atom. The van der Waals surface area contributed by atoms with E-state index in [9.17, 15) is 4.79 Å². The van der Waals surface area contributed by atoms with E-state index in [2.05, 4.69) is 6.92 Å². The van der Waals surface area contributed by atoms with E-state index in [1.807, 2.05) is 36.4 Å². The van der Waals surface area contributed by atoms with Crippen molar-refractivity contribution in [2.45, 2.75) is 13.3 Å². The fourth-order valence-electron chi connectivity index (χ4n) is 2.30. The van der Waals surface area contributed by atoms with Crippen molar-refractivity contribution in [3.05, 3.63) is 65.0 Å². The second kappa shape index (κ2) is 8.24. The summed E-state index contributed by atoms with van der Waals surface area (Å²) in [4.78, 5) is 11.3. The van der Waals surface area contributed by atoms with Crippen LogP contribution in [0.1, 0.15) is 13.3 Å². The van der Waals surface area contributed by atoms with Crippen LogP contribution in [0, 0.1) is 0 Å². The minimum Gasteiger partial charge on any atom is -0.494 e. The summed E-state index contributed by atoms with van der Waals surface area (Å²) in [5.41, 5.74) is 0.132. The smallest absolute Gasteiger partial charge is 0.336 e. The van der Waals surface area contributed by atoms with E-state index in [0.717, 1.165) is 23.3 Å². The molecule has 0 atom stereocenters. The molecule has 0 radical (unpaired) electrons. The third kappa shape index (κ3) is 4.76. The Labute approximate surface area is 145 Å². The maximum atomic E-state index is 11.3. The van der Waals surface area contributed by atoms with E-state index in [0.29, 0.717) is 31.2 Å². The van der Waals surface area contributed by atoms with Crippen LogP contribution in [0.2, 0.25) is 0 Å². The molecule has 1 aromatic heterocycles. The maximum absolute atomic E-state index is 11.3. The van der Waals surface area contributed by atoms with Crippen LogP contribution in [0.25, 0.3) is 11.0 Å². The lowest BCUT2D eigenvalue weighted by Gasteiger charge is -2.09. The number of hydrogen-bond donors (Lipinski definition) is 0. The lowest BCUT2D eigenvalue weighted by atomic mass is 10.2. The molecule has 3 aromatic rings. The van der Waals surface area contributed by atoms with Gasteiger partial charge in [0, 0.05) is 17.5 Å². The van der Waals surface area contributed by atoms with Gasteiger partial charge in [-0.15, -0.1) is 0 Å². The molecule has 0 saturated heterocycles. The molecule has 0 aliphatic heterocycles. The van der Waals surface area contributed by atoms with Gasteiger partial charge in [0.05, 0.1) is 6.61 Å². The molecule has 0 saturated carbocycles. The van der Waals surface area contributed by atoms with Gasteiger partial charge in [-0.25, -0.2) is 4.79 Å². The van der Waals surface area contributed by atoms with Gasteiger partial charge < -0.3 is 18.6 Å². The molecule has 0 unspecified atom stereocenters. The maximum Gasteiger partial charge on any atom is 0.336 e. The van der Waals surface area contributed by atoms with Crippen molar-refractivity contribution in [1.82, 2.24) is 0 Å². The van der Waals surface area contributed by atoms with Gasteiger partial charge in [-0.1, -0.05) is 6.92 Å². The van der Waals surface area contributed by atoms with Gasteiger partial charge >= 0.3 is 5.63 Å². The second-order valence-corrected chi connectivity index (χ2v) is 5.47. The third-order valence-corrected chi connectivity index (χ3v) is 3.51. The van der Waals surface area contributed by atoms with Crippen molar-refractivity contribution >= 4 is 11.0 Å². The first-order chi connectivity index (χ1) is 12.2. The van der Waals surface area contributed by atoms with Gasteiger partial charge in [0.2, 0.25) is 0 Å². The molecule has 1 heterocycles. The average molecular weight is 340 g/mol. The molecule has 0 aliphatic carbocycles. The fraction of sp³-hybridized carbons (Fsp3) is 0.250. The SMILES string of the molecule is CCCOc1ccc(OCCOc2ccc3ccc(=O)oc3c2)cc1. The van der Waals surface area contributed by atoms with Crippen LogP contribution in [0.4, 0.5) is 0 Å². The molecular weight excluding hydrogens is 320 g/mol. The number of fused-ring (bicyclic) bond motifs is 1. The van der Waals surface area contributed by atoms with Crippen LogP contribution in [0.3, 0.4) is 0 Å². The van der Waals surface area contributed by atoms with Gasteiger partial charge in [-0.05, 0) is 48.9 Å². The minimum atomic E-state index is -0.376. The molecule has 2 aromatic carbocycles. The zero-order valence-corrected chi connectivity index (χ0v) is 14.1. The summed E-state index contributed by atoms with van der Waals surface area (Å²) in [6, 6.07) is 16.0. The zero-order valence-electron chi connectivity index (χ0n) is 14.1. The van der Waals surface area contributed by atoms with Crippen LogP contribution in [-0.4, -0.2) is 19.8 Å². The Kier molecular flexibility index (Phi) is 5.57. The van der Waals surface area contributed by atoms with Crippen molar-refractivity contribution < 1.29 is 18.6 Å². The van der Waals surface area contributed by atoms with Gasteiger partial charge in [-0.2, -0.15) is 0 Å². The molecule has 5 heteroatoms. The summed E-state index contributed by atoms with van der Waals surface area (Å²) in [6.45, 7) is 3.57. The quantitative estimate of drug-likeness (QED) is 0.457. The summed E-state index contributed by atoms with van der Waals surface area (Å²) in [5.74, 6) is 2.23. The van der Waals surface area contributed by atoms with Crippen LogP contribution >= 0.6 is 0 Å².